The molecule has 0 atom stereocenters. The van der Waals surface area contributed by atoms with E-state index < -0.39 is 0 Å². The van der Waals surface area contributed by atoms with Gasteiger partial charge in [0.2, 0.25) is 0 Å². The Morgan fingerprint density at radius 2 is 1.93 bits per heavy atom. The summed E-state index contributed by atoms with van der Waals surface area (Å²) in [6, 6.07) is 15.0. The minimum Gasteiger partial charge on any atom is -0.497 e. The number of fused-ring (bicyclic) bond motifs is 3. The van der Waals surface area contributed by atoms with Crippen molar-refractivity contribution in [1.29, 1.82) is 0 Å². The highest BCUT2D eigenvalue weighted by atomic mass is 16.5. The van der Waals surface area contributed by atoms with Crippen molar-refractivity contribution in [2.75, 3.05) is 7.11 Å². The van der Waals surface area contributed by atoms with Crippen LogP contribution in [0.4, 0.5) is 0 Å². The van der Waals surface area contributed by atoms with Crippen LogP contribution < -0.4 is 10.3 Å². The van der Waals surface area contributed by atoms with Crippen LogP contribution in [0.5, 0.6) is 5.75 Å². The Hall–Kier alpha value is -3.94. The third kappa shape index (κ3) is 2.24. The SMILES string of the molecule is COc1cccc(-n2nncc2-c2ncn3c4ccccc4c(=O)n(C)c23)c1. The smallest absolute Gasteiger partial charge is 0.261 e. The molecule has 8 nitrogen and oxygen atoms in total. The second-order valence-corrected chi connectivity index (χ2v) is 6.40. The third-order valence-corrected chi connectivity index (χ3v) is 4.85. The zero-order valence-corrected chi connectivity index (χ0v) is 15.3. The summed E-state index contributed by atoms with van der Waals surface area (Å²) < 4.78 is 10.5. The Bertz CT molecular complexity index is 1400. The van der Waals surface area contributed by atoms with E-state index in [-0.39, 0.29) is 5.56 Å². The first-order valence-corrected chi connectivity index (χ1v) is 8.69. The summed E-state index contributed by atoms with van der Waals surface area (Å²) in [6.07, 6.45) is 3.36. The number of benzene rings is 2. The molecule has 3 aromatic heterocycles. The molecule has 0 aliphatic rings. The molecule has 0 bridgehead atoms. The molecule has 0 spiro atoms. The number of hydrogen-bond acceptors (Lipinski definition) is 5. The molecule has 0 radical (unpaired) electrons. The van der Waals surface area contributed by atoms with E-state index >= 15 is 0 Å². The summed E-state index contributed by atoms with van der Waals surface area (Å²) in [6.45, 7) is 0. The van der Waals surface area contributed by atoms with Gasteiger partial charge in [-0.15, -0.1) is 5.10 Å². The van der Waals surface area contributed by atoms with Gasteiger partial charge in [0.05, 0.1) is 29.9 Å². The van der Waals surface area contributed by atoms with Crippen LogP contribution in [0.2, 0.25) is 0 Å². The minimum absolute atomic E-state index is 0.0785. The lowest BCUT2D eigenvalue weighted by Crippen LogP contribution is -2.19. The van der Waals surface area contributed by atoms with Gasteiger partial charge in [-0.05, 0) is 24.3 Å². The maximum absolute atomic E-state index is 12.9. The Balaban J connectivity index is 1.81. The standard InChI is InChI=1S/C20H16N6O2/c1-24-19-18(21-12-25(19)16-9-4-3-8-15(16)20(24)27)17-11-22-23-26(17)13-6-5-7-14(10-13)28-2/h3-12H,1-2H3. The first-order valence-electron chi connectivity index (χ1n) is 8.69. The highest BCUT2D eigenvalue weighted by molar-refractivity contribution is 5.84. The van der Waals surface area contributed by atoms with Gasteiger partial charge in [-0.3, -0.25) is 13.8 Å². The van der Waals surface area contributed by atoms with Crippen molar-refractivity contribution >= 4 is 16.6 Å². The van der Waals surface area contributed by atoms with E-state index in [4.69, 9.17) is 4.74 Å². The Morgan fingerprint density at radius 3 is 2.79 bits per heavy atom. The van der Waals surface area contributed by atoms with Gasteiger partial charge in [0, 0.05) is 13.1 Å². The molecule has 0 saturated heterocycles. The van der Waals surface area contributed by atoms with Crippen LogP contribution in [-0.2, 0) is 7.05 Å². The first kappa shape index (κ1) is 16.2. The Morgan fingerprint density at radius 1 is 1.07 bits per heavy atom. The fourth-order valence-electron chi connectivity index (χ4n) is 3.49. The van der Waals surface area contributed by atoms with Crippen molar-refractivity contribution in [2.24, 2.45) is 7.05 Å². The predicted molar refractivity (Wildman–Crippen MR) is 105 cm³/mol. The van der Waals surface area contributed by atoms with Gasteiger partial charge < -0.3 is 4.74 Å². The molecule has 8 heteroatoms. The van der Waals surface area contributed by atoms with Crippen molar-refractivity contribution in [3.8, 4) is 22.8 Å². The van der Waals surface area contributed by atoms with Crippen molar-refractivity contribution in [1.82, 2.24) is 28.9 Å². The van der Waals surface area contributed by atoms with E-state index in [9.17, 15) is 4.79 Å². The zero-order valence-electron chi connectivity index (χ0n) is 15.3. The van der Waals surface area contributed by atoms with Crippen molar-refractivity contribution in [3.63, 3.8) is 0 Å². The summed E-state index contributed by atoms with van der Waals surface area (Å²) >= 11 is 0. The average molecular weight is 372 g/mol. The number of imidazole rings is 1. The van der Waals surface area contributed by atoms with Crippen LogP contribution in [0, 0.1) is 0 Å². The number of nitrogens with zero attached hydrogens (tertiary/aromatic N) is 6. The van der Waals surface area contributed by atoms with Crippen LogP contribution in [-0.4, -0.2) is 36.1 Å². The Labute approximate surface area is 159 Å². The number of hydrogen-bond donors (Lipinski definition) is 0. The lowest BCUT2D eigenvalue weighted by atomic mass is 10.2. The summed E-state index contributed by atoms with van der Waals surface area (Å²) in [5.41, 5.74) is 3.50. The summed E-state index contributed by atoms with van der Waals surface area (Å²) in [5.74, 6) is 0.715. The van der Waals surface area contributed by atoms with Gasteiger partial charge in [-0.1, -0.05) is 23.4 Å². The molecule has 0 unspecified atom stereocenters. The van der Waals surface area contributed by atoms with E-state index in [0.29, 0.717) is 28.2 Å². The van der Waals surface area contributed by atoms with Crippen molar-refractivity contribution in [3.05, 3.63) is 71.4 Å². The quantitative estimate of drug-likeness (QED) is 0.486. The molecular formula is C20H16N6O2. The number of para-hydroxylation sites is 1. The normalized spacial score (nSPS) is 11.4. The van der Waals surface area contributed by atoms with Gasteiger partial charge in [0.15, 0.2) is 0 Å². The minimum atomic E-state index is -0.0785. The molecule has 2 aromatic carbocycles. The fraction of sp³-hybridized carbons (Fsp3) is 0.100. The Kier molecular flexibility index (Phi) is 3.51. The molecule has 5 aromatic rings. The second-order valence-electron chi connectivity index (χ2n) is 6.40. The lowest BCUT2D eigenvalue weighted by molar-refractivity contribution is 0.414. The van der Waals surface area contributed by atoms with Crippen molar-refractivity contribution in [2.45, 2.75) is 0 Å². The fourth-order valence-corrected chi connectivity index (χ4v) is 3.49. The lowest BCUT2D eigenvalue weighted by Gasteiger charge is -2.10. The molecule has 3 heterocycles. The molecule has 0 N–H and O–H groups in total. The summed E-state index contributed by atoms with van der Waals surface area (Å²) in [4.78, 5) is 17.5. The molecule has 0 aliphatic carbocycles. The van der Waals surface area contributed by atoms with Gasteiger partial charge >= 0.3 is 0 Å². The summed E-state index contributed by atoms with van der Waals surface area (Å²) in [5, 5.41) is 8.92. The first-order chi connectivity index (χ1) is 13.7. The van der Waals surface area contributed by atoms with Crippen molar-refractivity contribution < 1.29 is 4.74 Å². The van der Waals surface area contributed by atoms with Gasteiger partial charge in [0.25, 0.3) is 5.56 Å². The molecule has 5 rings (SSSR count). The van der Waals surface area contributed by atoms with E-state index in [2.05, 4.69) is 15.3 Å². The molecule has 0 amide bonds. The topological polar surface area (TPSA) is 79.2 Å². The zero-order chi connectivity index (χ0) is 19.3. The summed E-state index contributed by atoms with van der Waals surface area (Å²) in [7, 11) is 3.36. The number of aromatic nitrogens is 6. The molecule has 28 heavy (non-hydrogen) atoms. The molecule has 138 valence electrons. The van der Waals surface area contributed by atoms with E-state index in [1.165, 1.54) is 0 Å². The second kappa shape index (κ2) is 6.05. The van der Waals surface area contributed by atoms with Gasteiger partial charge in [-0.2, -0.15) is 0 Å². The number of methoxy groups -OCH3 is 1. The van der Waals surface area contributed by atoms with Crippen LogP contribution in [0.25, 0.3) is 33.6 Å². The highest BCUT2D eigenvalue weighted by Crippen LogP contribution is 2.27. The van der Waals surface area contributed by atoms with E-state index in [1.54, 1.807) is 35.9 Å². The molecule has 0 fully saturated rings. The maximum atomic E-state index is 12.9. The predicted octanol–water partition coefficient (Wildman–Crippen LogP) is 2.44. The van der Waals surface area contributed by atoms with E-state index in [0.717, 1.165) is 11.2 Å². The molecular weight excluding hydrogens is 356 g/mol. The van der Waals surface area contributed by atoms with Crippen LogP contribution in [0.1, 0.15) is 0 Å². The number of rotatable bonds is 3. The maximum Gasteiger partial charge on any atom is 0.261 e. The third-order valence-electron chi connectivity index (χ3n) is 4.85. The largest absolute Gasteiger partial charge is 0.497 e. The van der Waals surface area contributed by atoms with Gasteiger partial charge in [0.1, 0.15) is 29.1 Å². The van der Waals surface area contributed by atoms with Crippen LogP contribution in [0.3, 0.4) is 0 Å². The number of aryl methyl sites for hydroxylation is 1. The molecule has 0 saturated carbocycles. The highest BCUT2D eigenvalue weighted by Gasteiger charge is 2.19. The molecule has 0 aliphatic heterocycles. The van der Waals surface area contributed by atoms with Gasteiger partial charge in [-0.25, -0.2) is 9.67 Å². The number of ether oxygens (including phenoxy) is 1. The van der Waals surface area contributed by atoms with Crippen LogP contribution >= 0.6 is 0 Å². The van der Waals surface area contributed by atoms with E-state index in [1.807, 2.05) is 52.9 Å². The monoisotopic (exact) mass is 372 g/mol. The van der Waals surface area contributed by atoms with Crippen LogP contribution in [0.15, 0.2) is 65.8 Å². The average Bonchev–Trinajstić information content (AvgIpc) is 3.39.